The van der Waals surface area contributed by atoms with E-state index in [0.717, 1.165) is 6.07 Å². The second-order valence-corrected chi connectivity index (χ2v) is 6.31. The Labute approximate surface area is 168 Å². The van der Waals surface area contributed by atoms with Crippen LogP contribution in [0.2, 0.25) is 0 Å². The number of fused-ring (bicyclic) bond motifs is 2. The van der Waals surface area contributed by atoms with E-state index in [1.165, 1.54) is 24.3 Å². The third kappa shape index (κ3) is 3.14. The number of carboxylic acid groups (broad SMARTS) is 1. The summed E-state index contributed by atoms with van der Waals surface area (Å²) in [6, 6.07) is 7.75. The van der Waals surface area contributed by atoms with E-state index in [4.69, 9.17) is 0 Å². The summed E-state index contributed by atoms with van der Waals surface area (Å²) in [6.07, 6.45) is 0. The van der Waals surface area contributed by atoms with Crippen LogP contribution in [0.1, 0.15) is 31.8 Å². The molecule has 0 radical (unpaired) electrons. The number of ketones is 2. The molecule has 0 spiro atoms. The van der Waals surface area contributed by atoms with Crippen molar-refractivity contribution in [2.24, 2.45) is 0 Å². The SMILES string of the molecule is O=C1c2ccccc2C(=O)c2cc(OC(=O)C(F)(F)C(F)(F)C(F)(F)C(=O)[O-])ccc21. The van der Waals surface area contributed by atoms with Crippen LogP contribution in [0.5, 0.6) is 5.75 Å². The molecule has 1 aliphatic carbocycles. The van der Waals surface area contributed by atoms with Gasteiger partial charge in [0.25, 0.3) is 0 Å². The summed E-state index contributed by atoms with van der Waals surface area (Å²) >= 11 is 0. The van der Waals surface area contributed by atoms with Gasteiger partial charge >= 0.3 is 23.7 Å². The van der Waals surface area contributed by atoms with Crippen molar-refractivity contribution in [3.8, 4) is 5.75 Å². The molecule has 0 aliphatic heterocycles. The largest absolute Gasteiger partial charge is 0.544 e. The molecular weight excluding hydrogens is 438 g/mol. The van der Waals surface area contributed by atoms with Gasteiger partial charge in [0.1, 0.15) is 11.7 Å². The van der Waals surface area contributed by atoms with E-state index in [2.05, 4.69) is 4.74 Å². The van der Waals surface area contributed by atoms with Crippen LogP contribution in [0, 0.1) is 0 Å². The quantitative estimate of drug-likeness (QED) is 0.339. The maximum absolute atomic E-state index is 13.7. The molecule has 0 atom stereocenters. The Morgan fingerprint density at radius 1 is 0.742 bits per heavy atom. The molecule has 0 saturated carbocycles. The molecule has 0 amide bonds. The van der Waals surface area contributed by atoms with Gasteiger partial charge in [0.05, 0.1) is 0 Å². The molecule has 0 fully saturated rings. The predicted molar refractivity (Wildman–Crippen MR) is 85.2 cm³/mol. The maximum Gasteiger partial charge on any atom is 0.411 e. The molecule has 162 valence electrons. The van der Waals surface area contributed by atoms with Gasteiger partial charge in [0.2, 0.25) is 0 Å². The van der Waals surface area contributed by atoms with Crippen LogP contribution in [0.3, 0.4) is 0 Å². The minimum atomic E-state index is -6.70. The number of alkyl halides is 6. The number of benzene rings is 2. The molecule has 1 aliphatic rings. The highest BCUT2D eigenvalue weighted by Gasteiger charge is 2.76. The molecule has 3 rings (SSSR count). The van der Waals surface area contributed by atoms with Crippen LogP contribution in [-0.4, -0.2) is 41.3 Å². The standard InChI is InChI=1S/C19H8F6O6/c20-17(21,15(28)29)19(24,25)18(22,23)16(30)31-8-5-6-11-12(7-8)14(27)10-4-2-1-3-9(10)13(11)26/h1-7H,(H,28,29)/p-1. The number of esters is 1. The lowest BCUT2D eigenvalue weighted by molar-refractivity contribution is -0.365. The number of ether oxygens (including phenoxy) is 1. The van der Waals surface area contributed by atoms with Gasteiger partial charge in [0, 0.05) is 22.3 Å². The maximum atomic E-state index is 13.7. The lowest BCUT2D eigenvalue weighted by atomic mass is 9.84. The van der Waals surface area contributed by atoms with Crippen molar-refractivity contribution in [1.29, 1.82) is 0 Å². The van der Waals surface area contributed by atoms with Crippen molar-refractivity contribution in [3.05, 3.63) is 64.7 Å². The second-order valence-electron chi connectivity index (χ2n) is 6.31. The van der Waals surface area contributed by atoms with E-state index in [9.17, 15) is 50.6 Å². The van der Waals surface area contributed by atoms with E-state index in [0.29, 0.717) is 12.1 Å². The summed E-state index contributed by atoms with van der Waals surface area (Å²) in [7, 11) is 0. The molecule has 0 saturated heterocycles. The Balaban J connectivity index is 1.94. The summed E-state index contributed by atoms with van der Waals surface area (Å²) in [4.78, 5) is 46.6. The first-order valence-corrected chi connectivity index (χ1v) is 8.13. The molecule has 31 heavy (non-hydrogen) atoms. The van der Waals surface area contributed by atoms with Crippen LogP contribution in [-0.2, 0) is 9.59 Å². The van der Waals surface area contributed by atoms with E-state index in [1.807, 2.05) is 0 Å². The molecule has 0 unspecified atom stereocenters. The number of hydrogen-bond acceptors (Lipinski definition) is 6. The van der Waals surface area contributed by atoms with Gasteiger partial charge in [0.15, 0.2) is 11.6 Å². The summed E-state index contributed by atoms with van der Waals surface area (Å²) in [5, 5.41) is 10.1. The first-order chi connectivity index (χ1) is 14.2. The number of rotatable bonds is 5. The summed E-state index contributed by atoms with van der Waals surface area (Å²) in [5.41, 5.74) is -0.636. The van der Waals surface area contributed by atoms with Crippen LogP contribution in [0.4, 0.5) is 26.3 Å². The van der Waals surface area contributed by atoms with E-state index >= 15 is 0 Å². The van der Waals surface area contributed by atoms with Crippen molar-refractivity contribution >= 4 is 23.5 Å². The fourth-order valence-electron chi connectivity index (χ4n) is 2.77. The van der Waals surface area contributed by atoms with Gasteiger partial charge < -0.3 is 14.6 Å². The normalized spacial score (nSPS) is 14.0. The number of carbonyl (C=O) groups excluding carboxylic acids is 4. The number of hydrogen-bond donors (Lipinski definition) is 0. The second kappa shape index (κ2) is 6.93. The first-order valence-electron chi connectivity index (χ1n) is 8.13. The minimum Gasteiger partial charge on any atom is -0.544 e. The van der Waals surface area contributed by atoms with Crippen molar-refractivity contribution in [1.82, 2.24) is 0 Å². The van der Waals surface area contributed by atoms with Crippen molar-refractivity contribution in [2.75, 3.05) is 0 Å². The number of halogens is 6. The molecule has 2 aromatic rings. The van der Waals surface area contributed by atoms with Crippen LogP contribution < -0.4 is 9.84 Å². The number of carbonyl (C=O) groups is 4. The Hall–Kier alpha value is -3.70. The average molecular weight is 445 g/mol. The highest BCUT2D eigenvalue weighted by Crippen LogP contribution is 2.46. The number of carboxylic acids is 1. The topological polar surface area (TPSA) is 101 Å². The first kappa shape index (κ1) is 22.0. The van der Waals surface area contributed by atoms with Gasteiger partial charge in [-0.15, -0.1) is 0 Å². The smallest absolute Gasteiger partial charge is 0.411 e. The average Bonchev–Trinajstić information content (AvgIpc) is 2.71. The molecule has 6 nitrogen and oxygen atoms in total. The summed E-state index contributed by atoms with van der Waals surface area (Å²) in [6.45, 7) is 0. The van der Waals surface area contributed by atoms with Gasteiger partial charge in [-0.3, -0.25) is 9.59 Å². The predicted octanol–water partition coefficient (Wildman–Crippen LogP) is 2.02. The fraction of sp³-hybridized carbons (Fsp3) is 0.158. The Bertz CT molecular complexity index is 1140. The highest BCUT2D eigenvalue weighted by molar-refractivity contribution is 6.28. The molecule has 0 aromatic heterocycles. The van der Waals surface area contributed by atoms with Crippen molar-refractivity contribution < 1.29 is 55.4 Å². The molecule has 0 heterocycles. The van der Waals surface area contributed by atoms with E-state index in [1.54, 1.807) is 0 Å². The molecule has 12 heteroatoms. The zero-order chi connectivity index (χ0) is 23.4. The molecule has 2 aromatic carbocycles. The summed E-state index contributed by atoms with van der Waals surface area (Å²) in [5.74, 6) is -28.8. The van der Waals surface area contributed by atoms with Crippen molar-refractivity contribution in [3.63, 3.8) is 0 Å². The number of aliphatic carboxylic acids is 1. The molecular formula is C19H7F6O6-. The zero-order valence-electron chi connectivity index (χ0n) is 14.8. The summed E-state index contributed by atoms with van der Waals surface area (Å²) < 4.78 is 84.2. The Morgan fingerprint density at radius 2 is 1.23 bits per heavy atom. The van der Waals surface area contributed by atoms with Crippen LogP contribution >= 0.6 is 0 Å². The van der Waals surface area contributed by atoms with E-state index < -0.39 is 52.6 Å². The molecule has 0 bridgehead atoms. The van der Waals surface area contributed by atoms with E-state index in [-0.39, 0.29) is 16.7 Å². The van der Waals surface area contributed by atoms with Crippen LogP contribution in [0.25, 0.3) is 0 Å². The lowest BCUT2D eigenvalue weighted by Crippen LogP contribution is -2.64. The van der Waals surface area contributed by atoms with Crippen molar-refractivity contribution in [2.45, 2.75) is 17.8 Å². The highest BCUT2D eigenvalue weighted by atomic mass is 19.3. The van der Waals surface area contributed by atoms with Gasteiger partial charge in [-0.2, -0.15) is 26.3 Å². The third-order valence-electron chi connectivity index (χ3n) is 4.41. The zero-order valence-corrected chi connectivity index (χ0v) is 14.8. The lowest BCUT2D eigenvalue weighted by Gasteiger charge is -2.31. The monoisotopic (exact) mass is 445 g/mol. The minimum absolute atomic E-state index is 0.0421. The Morgan fingerprint density at radius 3 is 1.74 bits per heavy atom. The van der Waals surface area contributed by atoms with Gasteiger partial charge in [-0.1, -0.05) is 24.3 Å². The van der Waals surface area contributed by atoms with Crippen LogP contribution in [0.15, 0.2) is 42.5 Å². The van der Waals surface area contributed by atoms with Gasteiger partial charge in [-0.05, 0) is 18.2 Å². The molecule has 0 N–H and O–H groups in total. The third-order valence-corrected chi connectivity index (χ3v) is 4.41. The fourth-order valence-corrected chi connectivity index (χ4v) is 2.77. The Kier molecular flexibility index (Phi) is 4.91. The van der Waals surface area contributed by atoms with Gasteiger partial charge in [-0.25, -0.2) is 4.79 Å².